The van der Waals surface area contributed by atoms with Gasteiger partial charge in [0.2, 0.25) is 0 Å². The van der Waals surface area contributed by atoms with Crippen molar-refractivity contribution in [3.8, 4) is 0 Å². The van der Waals surface area contributed by atoms with Gasteiger partial charge in [-0.2, -0.15) is 5.10 Å². The summed E-state index contributed by atoms with van der Waals surface area (Å²) in [5.41, 5.74) is 0.958. The summed E-state index contributed by atoms with van der Waals surface area (Å²) in [6.45, 7) is 0.763. The highest BCUT2D eigenvalue weighted by Crippen LogP contribution is 2.28. The van der Waals surface area contributed by atoms with Gasteiger partial charge in [-0.05, 0) is 18.9 Å². The predicted octanol–water partition coefficient (Wildman–Crippen LogP) is 2.14. The SMILES string of the molecule is c1cnn([C@H]2CCCC[C@@H]2NCc2ccon2)c1. The molecule has 1 saturated carbocycles. The Kier molecular flexibility index (Phi) is 3.41. The highest BCUT2D eigenvalue weighted by Gasteiger charge is 2.26. The second-order valence-corrected chi connectivity index (χ2v) is 4.82. The smallest absolute Gasteiger partial charge is 0.124 e. The fraction of sp³-hybridized carbons (Fsp3) is 0.538. The molecule has 96 valence electrons. The highest BCUT2D eigenvalue weighted by atomic mass is 16.5. The van der Waals surface area contributed by atoms with Crippen LogP contribution in [-0.4, -0.2) is 21.0 Å². The van der Waals surface area contributed by atoms with Crippen molar-refractivity contribution in [1.29, 1.82) is 0 Å². The third-order valence-electron chi connectivity index (χ3n) is 3.63. The number of nitrogens with zero attached hydrogens (tertiary/aromatic N) is 3. The average Bonchev–Trinajstić information content (AvgIpc) is 3.10. The molecule has 0 spiro atoms. The highest BCUT2D eigenvalue weighted by molar-refractivity contribution is 4.96. The third kappa shape index (κ3) is 2.46. The lowest BCUT2D eigenvalue weighted by Gasteiger charge is -2.32. The lowest BCUT2D eigenvalue weighted by atomic mass is 9.90. The lowest BCUT2D eigenvalue weighted by Crippen LogP contribution is -2.39. The average molecular weight is 246 g/mol. The minimum Gasteiger partial charge on any atom is -0.364 e. The predicted molar refractivity (Wildman–Crippen MR) is 66.9 cm³/mol. The summed E-state index contributed by atoms with van der Waals surface area (Å²) < 4.78 is 6.93. The molecule has 1 N–H and O–H groups in total. The van der Waals surface area contributed by atoms with Crippen LogP contribution in [0.5, 0.6) is 0 Å². The minimum atomic E-state index is 0.459. The molecule has 2 aromatic heterocycles. The van der Waals surface area contributed by atoms with Crippen LogP contribution in [0.15, 0.2) is 35.3 Å². The molecule has 2 aromatic rings. The lowest BCUT2D eigenvalue weighted by molar-refractivity contribution is 0.244. The standard InChI is InChI=1S/C13H18N4O/c1-2-5-13(17-8-3-7-15-17)12(4-1)14-10-11-6-9-18-16-11/h3,6-9,12-14H,1-2,4-5,10H2/t12-,13-/m0/s1. The maximum atomic E-state index is 4.85. The number of aromatic nitrogens is 3. The van der Waals surface area contributed by atoms with Crippen molar-refractivity contribution in [3.05, 3.63) is 36.5 Å². The Morgan fingerprint density at radius 3 is 3.11 bits per heavy atom. The van der Waals surface area contributed by atoms with Crippen LogP contribution in [0, 0.1) is 0 Å². The molecule has 0 saturated heterocycles. The largest absolute Gasteiger partial charge is 0.364 e. The second-order valence-electron chi connectivity index (χ2n) is 4.82. The number of hydrogen-bond acceptors (Lipinski definition) is 4. The summed E-state index contributed by atoms with van der Waals surface area (Å²) in [6.07, 6.45) is 10.5. The molecule has 0 aliphatic heterocycles. The van der Waals surface area contributed by atoms with E-state index in [-0.39, 0.29) is 0 Å². The second kappa shape index (κ2) is 5.35. The Labute approximate surface area is 106 Å². The zero-order valence-corrected chi connectivity index (χ0v) is 10.3. The van der Waals surface area contributed by atoms with Crippen LogP contribution in [0.25, 0.3) is 0 Å². The molecule has 1 fully saturated rings. The summed E-state index contributed by atoms with van der Waals surface area (Å²) in [6, 6.07) is 4.82. The van der Waals surface area contributed by atoms with Crippen LogP contribution in [0.3, 0.4) is 0 Å². The van der Waals surface area contributed by atoms with E-state index in [2.05, 4.69) is 26.5 Å². The summed E-state index contributed by atoms with van der Waals surface area (Å²) >= 11 is 0. The number of nitrogens with one attached hydrogen (secondary N) is 1. The van der Waals surface area contributed by atoms with Crippen molar-refractivity contribution in [1.82, 2.24) is 20.3 Å². The summed E-state index contributed by atoms with van der Waals surface area (Å²) in [7, 11) is 0. The van der Waals surface area contributed by atoms with E-state index in [0.717, 1.165) is 12.2 Å². The van der Waals surface area contributed by atoms with E-state index < -0.39 is 0 Å². The van der Waals surface area contributed by atoms with E-state index in [4.69, 9.17) is 4.52 Å². The third-order valence-corrected chi connectivity index (χ3v) is 3.63. The van der Waals surface area contributed by atoms with Crippen molar-refractivity contribution >= 4 is 0 Å². The van der Waals surface area contributed by atoms with Crippen molar-refractivity contribution < 1.29 is 4.52 Å². The van der Waals surface area contributed by atoms with Gasteiger partial charge in [0.25, 0.3) is 0 Å². The van der Waals surface area contributed by atoms with Crippen LogP contribution in [0.4, 0.5) is 0 Å². The fourth-order valence-corrected chi connectivity index (χ4v) is 2.71. The van der Waals surface area contributed by atoms with Gasteiger partial charge in [-0.15, -0.1) is 0 Å². The Morgan fingerprint density at radius 1 is 1.39 bits per heavy atom. The van der Waals surface area contributed by atoms with Crippen LogP contribution in [0.2, 0.25) is 0 Å². The number of rotatable bonds is 4. The van der Waals surface area contributed by atoms with E-state index in [1.165, 1.54) is 25.7 Å². The Morgan fingerprint density at radius 2 is 2.33 bits per heavy atom. The van der Waals surface area contributed by atoms with Crippen LogP contribution >= 0.6 is 0 Å². The maximum absolute atomic E-state index is 4.85. The van der Waals surface area contributed by atoms with Gasteiger partial charge in [0.15, 0.2) is 0 Å². The first-order valence-corrected chi connectivity index (χ1v) is 6.55. The van der Waals surface area contributed by atoms with Gasteiger partial charge in [0.05, 0.1) is 11.7 Å². The molecule has 5 nitrogen and oxygen atoms in total. The topological polar surface area (TPSA) is 55.9 Å². The van der Waals surface area contributed by atoms with Gasteiger partial charge in [0.1, 0.15) is 6.26 Å². The van der Waals surface area contributed by atoms with Gasteiger partial charge >= 0.3 is 0 Å². The number of hydrogen-bond donors (Lipinski definition) is 1. The quantitative estimate of drug-likeness (QED) is 0.898. The Hall–Kier alpha value is -1.62. The molecular weight excluding hydrogens is 228 g/mol. The van der Waals surface area contributed by atoms with Crippen molar-refractivity contribution in [2.75, 3.05) is 0 Å². The van der Waals surface area contributed by atoms with Gasteiger partial charge in [-0.1, -0.05) is 18.0 Å². The molecule has 0 aromatic carbocycles. The molecule has 0 unspecified atom stereocenters. The van der Waals surface area contributed by atoms with Crippen LogP contribution < -0.4 is 5.32 Å². The molecule has 0 amide bonds. The van der Waals surface area contributed by atoms with E-state index >= 15 is 0 Å². The van der Waals surface area contributed by atoms with Crippen molar-refractivity contribution in [3.63, 3.8) is 0 Å². The molecule has 5 heteroatoms. The van der Waals surface area contributed by atoms with E-state index in [1.54, 1.807) is 6.26 Å². The van der Waals surface area contributed by atoms with Crippen molar-refractivity contribution in [2.24, 2.45) is 0 Å². The fourth-order valence-electron chi connectivity index (χ4n) is 2.71. The Balaban J connectivity index is 1.65. The van der Waals surface area contributed by atoms with Gasteiger partial charge < -0.3 is 9.84 Å². The van der Waals surface area contributed by atoms with Gasteiger partial charge in [-0.3, -0.25) is 4.68 Å². The molecule has 1 aliphatic carbocycles. The monoisotopic (exact) mass is 246 g/mol. The van der Waals surface area contributed by atoms with E-state index in [0.29, 0.717) is 12.1 Å². The van der Waals surface area contributed by atoms with Crippen LogP contribution in [-0.2, 0) is 6.54 Å². The maximum Gasteiger partial charge on any atom is 0.124 e. The van der Waals surface area contributed by atoms with Gasteiger partial charge in [0, 0.05) is 31.0 Å². The normalized spacial score (nSPS) is 24.2. The summed E-state index contributed by atoms with van der Waals surface area (Å²) in [5.74, 6) is 0. The first kappa shape index (κ1) is 11.5. The zero-order valence-electron chi connectivity index (χ0n) is 10.3. The zero-order chi connectivity index (χ0) is 12.2. The molecule has 3 rings (SSSR count). The molecule has 2 heterocycles. The first-order valence-electron chi connectivity index (χ1n) is 6.55. The molecular formula is C13H18N4O. The summed E-state index contributed by atoms with van der Waals surface area (Å²) in [4.78, 5) is 0. The van der Waals surface area contributed by atoms with E-state index in [1.807, 2.05) is 18.3 Å². The molecule has 18 heavy (non-hydrogen) atoms. The van der Waals surface area contributed by atoms with Crippen LogP contribution in [0.1, 0.15) is 37.4 Å². The molecule has 2 atom stereocenters. The molecule has 1 aliphatic rings. The molecule has 0 radical (unpaired) electrons. The van der Waals surface area contributed by atoms with E-state index in [9.17, 15) is 0 Å². The summed E-state index contributed by atoms with van der Waals surface area (Å²) in [5, 5.41) is 11.9. The minimum absolute atomic E-state index is 0.459. The Bertz CT molecular complexity index is 451. The van der Waals surface area contributed by atoms with Crippen molar-refractivity contribution in [2.45, 2.75) is 44.3 Å². The molecule has 0 bridgehead atoms. The van der Waals surface area contributed by atoms with Gasteiger partial charge in [-0.25, -0.2) is 0 Å². The first-order chi connectivity index (χ1) is 8.93.